The van der Waals surface area contributed by atoms with Crippen molar-refractivity contribution in [2.45, 2.75) is 84.0 Å². The van der Waals surface area contributed by atoms with Gasteiger partial charge in [0.1, 0.15) is 24.0 Å². The Morgan fingerprint density at radius 3 is 1.60 bits per heavy atom. The topological polar surface area (TPSA) is 36.8 Å². The van der Waals surface area contributed by atoms with E-state index in [-0.39, 0.29) is 16.2 Å². The summed E-state index contributed by atoms with van der Waals surface area (Å²) in [7, 11) is 0. The van der Waals surface area contributed by atoms with Crippen LogP contribution in [0.4, 0.5) is 39.8 Å². The predicted molar refractivity (Wildman–Crippen MR) is 380 cm³/mol. The Labute approximate surface area is 534 Å². The van der Waals surface area contributed by atoms with E-state index in [9.17, 15) is 0 Å². The smallest absolute Gasteiger partial charge is 0.137 e. The molecule has 16 rings (SSSR count). The zero-order valence-electron chi connectivity index (χ0n) is 53.3. The monoisotopic (exact) mass is 1180 g/mol. The Hall–Kier alpha value is -10.4. The van der Waals surface area contributed by atoms with Gasteiger partial charge in [-0.05, 0) is 150 Å². The lowest BCUT2D eigenvalue weighted by Crippen LogP contribution is -2.36. The van der Waals surface area contributed by atoms with Gasteiger partial charge in [-0.3, -0.25) is 4.57 Å². The van der Waals surface area contributed by atoms with E-state index in [1.165, 1.54) is 89.1 Å². The maximum absolute atomic E-state index is 6.98. The molecule has 0 atom stereocenters. The van der Waals surface area contributed by atoms with Crippen molar-refractivity contribution in [1.82, 2.24) is 9.55 Å². The molecule has 0 amide bonds. The highest BCUT2D eigenvalue weighted by Gasteiger charge is 2.52. The number of anilines is 7. The summed E-state index contributed by atoms with van der Waals surface area (Å²) in [5, 5.41) is 2.32. The molecular formula is C85H73N5O. The second kappa shape index (κ2) is 20.8. The minimum Gasteiger partial charge on any atom is -0.457 e. The average molecular weight is 1180 g/mol. The molecule has 13 aromatic rings. The molecule has 444 valence electrons. The van der Waals surface area contributed by atoms with Crippen LogP contribution in [0.2, 0.25) is 0 Å². The SMILES string of the molecule is CC(C)(C)c1ccc(-n2c3ccccc3c3ccc(Oc4cccc(N5CN(c6c(-c7cc(C(C)(C)C)cc(C(C)(C)C)c7)cccc6-c6cccc7c6-c6ccccc6C76c7ccccc7N(c7ccccc7)c7ccccc76)c6ccccc65)c4)cc32)nc1. The molecule has 0 saturated heterocycles. The third kappa shape index (κ3) is 8.93. The van der Waals surface area contributed by atoms with E-state index < -0.39 is 5.41 Å². The minimum absolute atomic E-state index is 0.00932. The molecule has 0 fully saturated rings. The fourth-order valence-corrected chi connectivity index (χ4v) is 14.9. The molecule has 0 saturated carbocycles. The maximum atomic E-state index is 6.98. The summed E-state index contributed by atoms with van der Waals surface area (Å²) in [6.45, 7) is 21.3. The van der Waals surface area contributed by atoms with Gasteiger partial charge in [0, 0.05) is 51.6 Å². The second-order valence-electron chi connectivity index (χ2n) is 28.0. The molecule has 6 nitrogen and oxygen atoms in total. The molecule has 1 spiro atoms. The lowest BCUT2D eigenvalue weighted by atomic mass is 9.64. The summed E-state index contributed by atoms with van der Waals surface area (Å²) in [5.41, 5.74) is 25.5. The Bertz CT molecular complexity index is 4950. The van der Waals surface area contributed by atoms with E-state index >= 15 is 0 Å². The number of nitrogens with zero attached hydrogens (tertiary/aromatic N) is 5. The van der Waals surface area contributed by atoms with Gasteiger partial charge in [0.2, 0.25) is 0 Å². The number of pyridine rings is 1. The van der Waals surface area contributed by atoms with E-state index in [1.54, 1.807) is 0 Å². The Balaban J connectivity index is 0.862. The van der Waals surface area contributed by atoms with Crippen molar-refractivity contribution in [2.24, 2.45) is 0 Å². The van der Waals surface area contributed by atoms with Crippen molar-refractivity contribution >= 4 is 61.6 Å². The predicted octanol–water partition coefficient (Wildman–Crippen LogP) is 22.6. The lowest BCUT2D eigenvalue weighted by Gasteiger charge is -2.45. The van der Waals surface area contributed by atoms with Gasteiger partial charge in [-0.15, -0.1) is 0 Å². The second-order valence-corrected chi connectivity index (χ2v) is 28.0. The molecule has 0 bridgehead atoms. The molecule has 6 heteroatoms. The van der Waals surface area contributed by atoms with Gasteiger partial charge in [0.15, 0.2) is 0 Å². The molecular weight excluding hydrogens is 1110 g/mol. The molecule has 11 aromatic carbocycles. The summed E-state index contributed by atoms with van der Waals surface area (Å²) >= 11 is 0. The summed E-state index contributed by atoms with van der Waals surface area (Å²) < 4.78 is 9.25. The van der Waals surface area contributed by atoms with E-state index in [0.717, 1.165) is 62.2 Å². The van der Waals surface area contributed by atoms with Crippen LogP contribution in [0.25, 0.3) is 61.0 Å². The number of para-hydroxylation sites is 7. The van der Waals surface area contributed by atoms with Gasteiger partial charge < -0.3 is 19.4 Å². The first-order valence-corrected chi connectivity index (χ1v) is 32.0. The van der Waals surface area contributed by atoms with E-state index in [0.29, 0.717) is 6.67 Å². The van der Waals surface area contributed by atoms with Gasteiger partial charge in [-0.2, -0.15) is 0 Å². The highest BCUT2D eigenvalue weighted by Crippen LogP contribution is 2.65. The molecule has 3 aliphatic rings. The van der Waals surface area contributed by atoms with Gasteiger partial charge in [-0.1, -0.05) is 238 Å². The van der Waals surface area contributed by atoms with Crippen LogP contribution in [0.3, 0.4) is 0 Å². The van der Waals surface area contributed by atoms with Crippen molar-refractivity contribution in [3.05, 3.63) is 306 Å². The van der Waals surface area contributed by atoms with Crippen molar-refractivity contribution < 1.29 is 4.74 Å². The highest BCUT2D eigenvalue weighted by molar-refractivity contribution is 6.10. The number of fused-ring (bicyclic) bond motifs is 13. The summed E-state index contributed by atoms with van der Waals surface area (Å²) in [6, 6.07) is 96.8. The largest absolute Gasteiger partial charge is 0.457 e. The number of ether oxygens (including phenoxy) is 1. The van der Waals surface area contributed by atoms with Crippen molar-refractivity contribution in [2.75, 3.05) is 21.4 Å². The quantitative estimate of drug-likeness (QED) is 0.152. The first-order valence-electron chi connectivity index (χ1n) is 32.0. The summed E-state index contributed by atoms with van der Waals surface area (Å²) in [4.78, 5) is 12.6. The number of rotatable bonds is 8. The van der Waals surface area contributed by atoms with Crippen LogP contribution in [0.5, 0.6) is 11.5 Å². The molecule has 2 aliphatic heterocycles. The van der Waals surface area contributed by atoms with E-state index in [1.807, 2.05) is 6.20 Å². The van der Waals surface area contributed by atoms with Crippen LogP contribution in [-0.4, -0.2) is 16.2 Å². The van der Waals surface area contributed by atoms with Gasteiger partial charge >= 0.3 is 0 Å². The number of benzene rings is 11. The maximum Gasteiger partial charge on any atom is 0.137 e. The van der Waals surface area contributed by atoms with Crippen LogP contribution < -0.4 is 19.4 Å². The Kier molecular flexibility index (Phi) is 12.8. The van der Waals surface area contributed by atoms with Crippen LogP contribution in [-0.2, 0) is 21.7 Å². The van der Waals surface area contributed by atoms with Gasteiger partial charge in [-0.25, -0.2) is 4.98 Å². The van der Waals surface area contributed by atoms with Crippen LogP contribution in [0.1, 0.15) is 101 Å². The minimum atomic E-state index is -0.620. The Morgan fingerprint density at radius 2 is 0.912 bits per heavy atom. The first-order chi connectivity index (χ1) is 44.0. The molecule has 0 N–H and O–H groups in total. The number of hydrogen-bond acceptors (Lipinski definition) is 5. The normalized spacial score (nSPS) is 14.0. The van der Waals surface area contributed by atoms with Gasteiger partial charge in [0.05, 0.1) is 44.9 Å². The molecule has 0 radical (unpaired) electrons. The zero-order chi connectivity index (χ0) is 62.1. The Morgan fingerprint density at radius 1 is 0.374 bits per heavy atom. The molecule has 0 unspecified atom stereocenters. The number of hydrogen-bond donors (Lipinski definition) is 0. The van der Waals surface area contributed by atoms with Crippen LogP contribution in [0.15, 0.2) is 267 Å². The third-order valence-corrected chi connectivity index (χ3v) is 19.4. The first kappa shape index (κ1) is 55.9. The fraction of sp³-hybridized carbons (Fsp3) is 0.165. The average Bonchev–Trinajstić information content (AvgIpc) is 1.57. The third-order valence-electron chi connectivity index (χ3n) is 19.4. The van der Waals surface area contributed by atoms with Crippen LogP contribution in [0, 0.1) is 0 Å². The molecule has 91 heavy (non-hydrogen) atoms. The summed E-state index contributed by atoms with van der Waals surface area (Å²) in [5.74, 6) is 2.38. The summed E-state index contributed by atoms with van der Waals surface area (Å²) in [6.07, 6.45) is 2.02. The van der Waals surface area contributed by atoms with E-state index in [2.05, 4.69) is 342 Å². The van der Waals surface area contributed by atoms with Gasteiger partial charge in [0.25, 0.3) is 0 Å². The van der Waals surface area contributed by atoms with Crippen molar-refractivity contribution in [3.63, 3.8) is 0 Å². The standard InChI is InChI=1S/C85H73N5O/c1-82(2,3)56-44-47-79(86-53-56)90-73-39-18-14-30-64(73)65-46-45-62(52-78(65)90)91-61-29-23-28-60(51-61)87-54-88(77-43-22-21-42-76(77)87)81-63(55-48-57(83(4,5)6)50-58(49-55)84(7,8)9)32-24-34-67(81)66-33-25-38-72-80(66)68-31-13-15-35-69(68)85(72)70-36-16-19-40-74(70)89(59-26-11-10-12-27-59)75-41-20-17-37-71(75)85/h10-53H,54H2,1-9H3. The zero-order valence-corrected chi connectivity index (χ0v) is 53.3. The van der Waals surface area contributed by atoms with Crippen LogP contribution >= 0.6 is 0 Å². The highest BCUT2D eigenvalue weighted by atomic mass is 16.5. The van der Waals surface area contributed by atoms with Crippen molar-refractivity contribution in [1.29, 1.82) is 0 Å². The number of aromatic nitrogens is 2. The fourth-order valence-electron chi connectivity index (χ4n) is 14.9. The van der Waals surface area contributed by atoms with Crippen molar-refractivity contribution in [3.8, 4) is 50.7 Å². The molecule has 4 heterocycles. The molecule has 2 aromatic heterocycles. The lowest BCUT2D eigenvalue weighted by molar-refractivity contribution is 0.483. The van der Waals surface area contributed by atoms with E-state index in [4.69, 9.17) is 9.72 Å². The molecule has 1 aliphatic carbocycles.